The lowest BCUT2D eigenvalue weighted by Crippen LogP contribution is -2.21. The molecular formula is C19H21NO3. The first-order valence-electron chi connectivity index (χ1n) is 7.76. The molecule has 0 aliphatic carbocycles. The summed E-state index contributed by atoms with van der Waals surface area (Å²) in [6, 6.07) is 16.0. The van der Waals surface area contributed by atoms with E-state index in [1.165, 1.54) is 5.56 Å². The average molecular weight is 311 g/mol. The van der Waals surface area contributed by atoms with E-state index < -0.39 is 0 Å². The fraction of sp³-hybridized carbons (Fsp3) is 0.316. The van der Waals surface area contributed by atoms with Crippen LogP contribution in [0.3, 0.4) is 0 Å². The molecule has 2 aromatic carbocycles. The Morgan fingerprint density at radius 2 is 1.78 bits per heavy atom. The Bertz CT molecular complexity index is 684. The summed E-state index contributed by atoms with van der Waals surface area (Å²) in [5, 5.41) is 2.99. The Morgan fingerprint density at radius 1 is 1.04 bits per heavy atom. The molecular weight excluding hydrogens is 290 g/mol. The van der Waals surface area contributed by atoms with E-state index in [4.69, 9.17) is 9.47 Å². The third-order valence-corrected chi connectivity index (χ3v) is 4.45. The third kappa shape index (κ3) is 3.16. The SMILES string of the molecule is COc1ccc([C@@H]2CNC(=O)[C@H]2Cc2ccccc2)cc1OC. The maximum absolute atomic E-state index is 12.3. The van der Waals surface area contributed by atoms with Crippen molar-refractivity contribution in [1.82, 2.24) is 5.32 Å². The second-order valence-corrected chi connectivity index (χ2v) is 5.76. The van der Waals surface area contributed by atoms with Crippen LogP contribution in [0, 0.1) is 5.92 Å². The summed E-state index contributed by atoms with van der Waals surface area (Å²) in [4.78, 5) is 12.3. The van der Waals surface area contributed by atoms with Gasteiger partial charge in [0.1, 0.15) is 0 Å². The van der Waals surface area contributed by atoms with E-state index in [9.17, 15) is 4.79 Å². The van der Waals surface area contributed by atoms with Gasteiger partial charge in [-0.15, -0.1) is 0 Å². The predicted octanol–water partition coefficient (Wildman–Crippen LogP) is 2.78. The number of methoxy groups -OCH3 is 2. The van der Waals surface area contributed by atoms with Gasteiger partial charge >= 0.3 is 0 Å². The summed E-state index contributed by atoms with van der Waals surface area (Å²) in [6.07, 6.45) is 0.742. The van der Waals surface area contributed by atoms with Crippen molar-refractivity contribution in [2.75, 3.05) is 20.8 Å². The Morgan fingerprint density at radius 3 is 2.48 bits per heavy atom. The molecule has 3 rings (SSSR count). The fourth-order valence-corrected chi connectivity index (χ4v) is 3.20. The lowest BCUT2D eigenvalue weighted by atomic mass is 9.84. The van der Waals surface area contributed by atoms with E-state index >= 15 is 0 Å². The highest BCUT2D eigenvalue weighted by molar-refractivity contribution is 5.82. The van der Waals surface area contributed by atoms with E-state index in [2.05, 4.69) is 17.4 Å². The molecule has 0 bridgehead atoms. The van der Waals surface area contributed by atoms with Gasteiger partial charge in [0, 0.05) is 12.5 Å². The van der Waals surface area contributed by atoms with Gasteiger partial charge in [0.05, 0.1) is 20.1 Å². The van der Waals surface area contributed by atoms with Crippen molar-refractivity contribution in [2.45, 2.75) is 12.3 Å². The molecule has 4 heteroatoms. The van der Waals surface area contributed by atoms with Crippen LogP contribution in [0.15, 0.2) is 48.5 Å². The number of ether oxygens (including phenoxy) is 2. The van der Waals surface area contributed by atoms with Gasteiger partial charge in [0.2, 0.25) is 5.91 Å². The summed E-state index contributed by atoms with van der Waals surface area (Å²) in [6.45, 7) is 0.659. The van der Waals surface area contributed by atoms with Gasteiger partial charge in [-0.2, -0.15) is 0 Å². The standard InChI is InChI=1S/C19H21NO3/c1-22-17-9-8-14(11-18(17)23-2)16-12-20-19(21)15(16)10-13-6-4-3-5-7-13/h3-9,11,15-16H,10,12H2,1-2H3,(H,20,21)/t15-,16-/m0/s1. The molecule has 4 nitrogen and oxygen atoms in total. The molecule has 120 valence electrons. The lowest BCUT2D eigenvalue weighted by Gasteiger charge is -2.19. The highest BCUT2D eigenvalue weighted by Crippen LogP contribution is 2.36. The van der Waals surface area contributed by atoms with Crippen LogP contribution in [0.4, 0.5) is 0 Å². The van der Waals surface area contributed by atoms with E-state index in [1.807, 2.05) is 36.4 Å². The molecule has 1 aliphatic rings. The number of nitrogens with one attached hydrogen (secondary N) is 1. The van der Waals surface area contributed by atoms with Gasteiger partial charge in [-0.05, 0) is 29.7 Å². The van der Waals surface area contributed by atoms with Crippen LogP contribution in [0.5, 0.6) is 11.5 Å². The summed E-state index contributed by atoms with van der Waals surface area (Å²) >= 11 is 0. The second-order valence-electron chi connectivity index (χ2n) is 5.76. The number of hydrogen-bond acceptors (Lipinski definition) is 3. The van der Waals surface area contributed by atoms with Crippen molar-refractivity contribution in [3.05, 3.63) is 59.7 Å². The first-order chi connectivity index (χ1) is 11.2. The van der Waals surface area contributed by atoms with Gasteiger partial charge in [0.25, 0.3) is 0 Å². The van der Waals surface area contributed by atoms with Crippen LogP contribution >= 0.6 is 0 Å². The Balaban J connectivity index is 1.87. The number of amides is 1. The quantitative estimate of drug-likeness (QED) is 0.923. The lowest BCUT2D eigenvalue weighted by molar-refractivity contribution is -0.122. The minimum absolute atomic E-state index is 0.0597. The van der Waals surface area contributed by atoms with Crippen LogP contribution < -0.4 is 14.8 Å². The Hall–Kier alpha value is -2.49. The number of benzene rings is 2. The maximum Gasteiger partial charge on any atom is 0.224 e. The number of hydrogen-bond donors (Lipinski definition) is 1. The summed E-state index contributed by atoms with van der Waals surface area (Å²) < 4.78 is 10.7. The third-order valence-electron chi connectivity index (χ3n) is 4.45. The Labute approximate surface area is 136 Å². The van der Waals surface area contributed by atoms with Gasteiger partial charge < -0.3 is 14.8 Å². The Kier molecular flexibility index (Phi) is 4.51. The average Bonchev–Trinajstić information content (AvgIpc) is 2.96. The monoisotopic (exact) mass is 311 g/mol. The molecule has 1 fully saturated rings. The molecule has 0 spiro atoms. The molecule has 0 radical (unpaired) electrons. The summed E-state index contributed by atoms with van der Waals surface area (Å²) in [7, 11) is 3.25. The first-order valence-corrected chi connectivity index (χ1v) is 7.76. The topological polar surface area (TPSA) is 47.6 Å². The highest BCUT2D eigenvalue weighted by Gasteiger charge is 2.35. The highest BCUT2D eigenvalue weighted by atomic mass is 16.5. The van der Waals surface area contributed by atoms with Crippen LogP contribution in [-0.4, -0.2) is 26.7 Å². The van der Waals surface area contributed by atoms with Gasteiger partial charge in [-0.3, -0.25) is 4.79 Å². The zero-order valence-electron chi connectivity index (χ0n) is 13.4. The normalized spacial score (nSPS) is 20.2. The van der Waals surface area contributed by atoms with Crippen molar-refractivity contribution < 1.29 is 14.3 Å². The summed E-state index contributed by atoms with van der Waals surface area (Å²) in [5.74, 6) is 1.60. The molecule has 1 saturated heterocycles. The predicted molar refractivity (Wildman–Crippen MR) is 88.9 cm³/mol. The smallest absolute Gasteiger partial charge is 0.224 e. The number of rotatable bonds is 5. The largest absolute Gasteiger partial charge is 0.493 e. The van der Waals surface area contributed by atoms with Crippen molar-refractivity contribution >= 4 is 5.91 Å². The van der Waals surface area contributed by atoms with Crippen molar-refractivity contribution in [2.24, 2.45) is 5.92 Å². The molecule has 0 aromatic heterocycles. The van der Waals surface area contributed by atoms with Gasteiger partial charge in [0.15, 0.2) is 11.5 Å². The number of carbonyl (C=O) groups excluding carboxylic acids is 1. The fourth-order valence-electron chi connectivity index (χ4n) is 3.20. The molecule has 2 aromatic rings. The van der Waals surface area contributed by atoms with Crippen LogP contribution in [0.25, 0.3) is 0 Å². The molecule has 0 unspecified atom stereocenters. The first kappa shape index (κ1) is 15.4. The van der Waals surface area contributed by atoms with Crippen LogP contribution in [0.2, 0.25) is 0 Å². The molecule has 23 heavy (non-hydrogen) atoms. The minimum Gasteiger partial charge on any atom is -0.493 e. The zero-order chi connectivity index (χ0) is 16.2. The van der Waals surface area contributed by atoms with Gasteiger partial charge in [-0.1, -0.05) is 36.4 Å². The molecule has 2 atom stereocenters. The molecule has 1 amide bonds. The molecule has 1 aliphatic heterocycles. The van der Waals surface area contributed by atoms with Crippen molar-refractivity contribution in [3.63, 3.8) is 0 Å². The van der Waals surface area contributed by atoms with Crippen LogP contribution in [-0.2, 0) is 11.2 Å². The van der Waals surface area contributed by atoms with Crippen LogP contribution in [0.1, 0.15) is 17.0 Å². The van der Waals surface area contributed by atoms with Crippen molar-refractivity contribution in [1.29, 1.82) is 0 Å². The molecule has 1 N–H and O–H groups in total. The van der Waals surface area contributed by atoms with E-state index in [0.29, 0.717) is 18.0 Å². The maximum atomic E-state index is 12.3. The molecule has 1 heterocycles. The van der Waals surface area contributed by atoms with Gasteiger partial charge in [-0.25, -0.2) is 0 Å². The second kappa shape index (κ2) is 6.73. The van der Waals surface area contributed by atoms with Crippen molar-refractivity contribution in [3.8, 4) is 11.5 Å². The zero-order valence-corrected chi connectivity index (χ0v) is 13.4. The molecule has 0 saturated carbocycles. The van der Waals surface area contributed by atoms with E-state index in [0.717, 1.165) is 12.0 Å². The number of carbonyl (C=O) groups is 1. The minimum atomic E-state index is -0.0597. The van der Waals surface area contributed by atoms with E-state index in [-0.39, 0.29) is 17.7 Å². The summed E-state index contributed by atoms with van der Waals surface area (Å²) in [5.41, 5.74) is 2.28. The van der Waals surface area contributed by atoms with E-state index in [1.54, 1.807) is 14.2 Å².